The first-order valence-electron chi connectivity index (χ1n) is 14.4. The largest absolute Gasteiger partial charge is 1.00 e. The van der Waals surface area contributed by atoms with Crippen LogP contribution in [0.4, 0.5) is 0 Å². The molecule has 0 atom stereocenters. The molecular weight excluding hydrogens is 466 g/mol. The summed E-state index contributed by atoms with van der Waals surface area (Å²) in [5, 5.41) is 0. The van der Waals surface area contributed by atoms with Crippen molar-refractivity contribution >= 4 is 0 Å². The summed E-state index contributed by atoms with van der Waals surface area (Å²) < 4.78 is 1.12. The van der Waals surface area contributed by atoms with Crippen LogP contribution in [0.3, 0.4) is 0 Å². The van der Waals surface area contributed by atoms with Crippen molar-refractivity contribution in [3.63, 3.8) is 0 Å². The molecule has 194 valence electrons. The zero-order valence-corrected chi connectivity index (χ0v) is 24.9. The first kappa shape index (κ1) is 32.7. The van der Waals surface area contributed by atoms with Gasteiger partial charge in [0.25, 0.3) is 0 Å². The van der Waals surface area contributed by atoms with Crippen molar-refractivity contribution in [3.05, 3.63) is 35.4 Å². The zero-order valence-electron chi connectivity index (χ0n) is 23.4. The molecule has 0 saturated carbocycles. The smallest absolute Gasteiger partial charge is 0.124 e. The molecule has 1 aromatic rings. The SMILES string of the molecule is CCCCCCCCCCCCCCCC[N+](C)(C)C(CC)(CC)c1ccccc1CC.[Br-]. The highest BCUT2D eigenvalue weighted by molar-refractivity contribution is 5.32. The lowest BCUT2D eigenvalue weighted by Crippen LogP contribution is -3.00. The Balaban J connectivity index is 0.0000102. The van der Waals surface area contributed by atoms with Crippen molar-refractivity contribution in [1.29, 1.82) is 0 Å². The van der Waals surface area contributed by atoms with Gasteiger partial charge >= 0.3 is 0 Å². The zero-order chi connectivity index (χ0) is 23.7. The Kier molecular flexibility index (Phi) is 18.7. The number of halogens is 1. The molecule has 0 aromatic heterocycles. The summed E-state index contributed by atoms with van der Waals surface area (Å²) in [5.74, 6) is 0. The van der Waals surface area contributed by atoms with Gasteiger partial charge in [0.1, 0.15) is 5.54 Å². The second-order valence-electron chi connectivity index (χ2n) is 10.8. The highest BCUT2D eigenvalue weighted by Crippen LogP contribution is 2.41. The monoisotopic (exact) mass is 523 g/mol. The number of benzene rings is 1. The lowest BCUT2D eigenvalue weighted by Gasteiger charge is -2.49. The van der Waals surface area contributed by atoms with E-state index < -0.39 is 0 Å². The van der Waals surface area contributed by atoms with Gasteiger partial charge < -0.3 is 21.5 Å². The van der Waals surface area contributed by atoms with Gasteiger partial charge in [0, 0.05) is 18.4 Å². The molecule has 0 fully saturated rings. The van der Waals surface area contributed by atoms with E-state index in [1.807, 2.05) is 0 Å². The average molecular weight is 525 g/mol. The minimum atomic E-state index is 0. The number of hydrogen-bond donors (Lipinski definition) is 0. The van der Waals surface area contributed by atoms with E-state index in [-0.39, 0.29) is 22.5 Å². The first-order valence-corrected chi connectivity index (χ1v) is 14.4. The molecule has 0 unspecified atom stereocenters. The summed E-state index contributed by atoms with van der Waals surface area (Å²) in [4.78, 5) is 0. The van der Waals surface area contributed by atoms with Gasteiger partial charge in [-0.25, -0.2) is 0 Å². The number of aryl methyl sites for hydroxylation is 1. The average Bonchev–Trinajstić information content (AvgIpc) is 2.80. The number of rotatable bonds is 20. The summed E-state index contributed by atoms with van der Waals surface area (Å²) in [6, 6.07) is 9.23. The van der Waals surface area contributed by atoms with Gasteiger partial charge in [0.2, 0.25) is 0 Å². The fourth-order valence-corrected chi connectivity index (χ4v) is 6.01. The van der Waals surface area contributed by atoms with Crippen LogP contribution in [0.25, 0.3) is 0 Å². The Morgan fingerprint density at radius 3 is 1.45 bits per heavy atom. The van der Waals surface area contributed by atoms with Crippen LogP contribution in [0.15, 0.2) is 24.3 Å². The fourth-order valence-electron chi connectivity index (χ4n) is 6.01. The lowest BCUT2D eigenvalue weighted by atomic mass is 9.78. The van der Waals surface area contributed by atoms with Crippen molar-refractivity contribution < 1.29 is 21.5 Å². The lowest BCUT2D eigenvalue weighted by molar-refractivity contribution is -0.951. The second-order valence-corrected chi connectivity index (χ2v) is 10.8. The molecule has 0 saturated heterocycles. The number of nitrogens with zero attached hydrogens (tertiary/aromatic N) is 1. The first-order chi connectivity index (χ1) is 15.5. The number of hydrogen-bond acceptors (Lipinski definition) is 0. The van der Waals surface area contributed by atoms with E-state index in [0.29, 0.717) is 0 Å². The quantitative estimate of drug-likeness (QED) is 0.130. The van der Waals surface area contributed by atoms with Crippen molar-refractivity contribution in [2.75, 3.05) is 20.6 Å². The molecule has 0 radical (unpaired) electrons. The van der Waals surface area contributed by atoms with E-state index in [1.54, 1.807) is 11.1 Å². The Bertz CT molecular complexity index is 576. The number of unbranched alkanes of at least 4 members (excludes halogenated alkanes) is 13. The molecule has 0 aliphatic heterocycles. The summed E-state index contributed by atoms with van der Waals surface area (Å²) in [5.41, 5.74) is 3.38. The van der Waals surface area contributed by atoms with Gasteiger partial charge in [0.15, 0.2) is 0 Å². The highest BCUT2D eigenvalue weighted by Gasteiger charge is 2.44. The Morgan fingerprint density at radius 1 is 0.606 bits per heavy atom. The summed E-state index contributed by atoms with van der Waals surface area (Å²) in [7, 11) is 4.98. The molecule has 0 heterocycles. The van der Waals surface area contributed by atoms with Crippen LogP contribution in [0.5, 0.6) is 0 Å². The molecule has 33 heavy (non-hydrogen) atoms. The Morgan fingerprint density at radius 2 is 1.03 bits per heavy atom. The van der Waals surface area contributed by atoms with Gasteiger partial charge in [-0.05, 0) is 24.8 Å². The molecule has 1 rings (SSSR count). The van der Waals surface area contributed by atoms with Crippen LogP contribution < -0.4 is 17.0 Å². The van der Waals surface area contributed by atoms with Crippen LogP contribution in [0.2, 0.25) is 0 Å². The maximum Gasteiger partial charge on any atom is 0.124 e. The minimum absolute atomic E-state index is 0. The van der Waals surface area contributed by atoms with Crippen LogP contribution >= 0.6 is 0 Å². The third-order valence-electron chi connectivity index (χ3n) is 8.30. The Hall–Kier alpha value is -0.340. The third-order valence-corrected chi connectivity index (χ3v) is 8.30. The van der Waals surface area contributed by atoms with E-state index >= 15 is 0 Å². The van der Waals surface area contributed by atoms with E-state index in [9.17, 15) is 0 Å². The van der Waals surface area contributed by atoms with Gasteiger partial charge in [-0.1, -0.05) is 129 Å². The van der Waals surface area contributed by atoms with Crippen LogP contribution in [0, 0.1) is 0 Å². The summed E-state index contributed by atoms with van der Waals surface area (Å²) in [6.07, 6.45) is 23.7. The van der Waals surface area contributed by atoms with Crippen molar-refractivity contribution in [2.24, 2.45) is 0 Å². The number of quaternary nitrogens is 1. The van der Waals surface area contributed by atoms with E-state index in [4.69, 9.17) is 0 Å². The summed E-state index contributed by atoms with van der Waals surface area (Å²) in [6.45, 7) is 10.7. The van der Waals surface area contributed by atoms with Gasteiger partial charge in [-0.15, -0.1) is 0 Å². The van der Waals surface area contributed by atoms with Gasteiger partial charge in [0.05, 0.1) is 20.6 Å². The highest BCUT2D eigenvalue weighted by atomic mass is 79.9. The van der Waals surface area contributed by atoms with Crippen molar-refractivity contribution in [1.82, 2.24) is 0 Å². The molecule has 2 heteroatoms. The van der Waals surface area contributed by atoms with Crippen molar-refractivity contribution in [2.45, 2.75) is 142 Å². The maximum absolute atomic E-state index is 2.49. The van der Waals surface area contributed by atoms with E-state index in [2.05, 4.69) is 66.1 Å². The predicted octanol–water partition coefficient (Wildman–Crippen LogP) is 6.83. The van der Waals surface area contributed by atoms with E-state index in [0.717, 1.165) is 10.9 Å². The third kappa shape index (κ3) is 10.9. The molecule has 0 amide bonds. The predicted molar refractivity (Wildman–Crippen MR) is 145 cm³/mol. The van der Waals surface area contributed by atoms with Crippen molar-refractivity contribution in [3.8, 4) is 0 Å². The molecule has 1 aromatic carbocycles. The molecule has 0 bridgehead atoms. The standard InChI is InChI=1S/C31H58N.BrH/c1-7-11-12-13-14-15-16-17-18-19-20-21-22-25-28-32(5,6)31(9-3,10-4)30-27-24-23-26-29(30)8-2;/h23-24,26-27H,7-22,25,28H2,1-6H3;1H/q+1;/p-1. The van der Waals surface area contributed by atoms with Crippen LogP contribution in [-0.2, 0) is 12.0 Å². The fraction of sp³-hybridized carbons (Fsp3) is 0.806. The molecule has 1 nitrogen and oxygen atoms in total. The van der Waals surface area contributed by atoms with Gasteiger partial charge in [-0.3, -0.25) is 0 Å². The molecule has 0 aliphatic rings. The Labute approximate surface area is 219 Å². The van der Waals surface area contributed by atoms with Gasteiger partial charge in [-0.2, -0.15) is 0 Å². The summed E-state index contributed by atoms with van der Waals surface area (Å²) >= 11 is 0. The molecular formula is C31H58BrN. The maximum atomic E-state index is 2.49. The van der Waals surface area contributed by atoms with E-state index in [1.165, 1.54) is 109 Å². The van der Waals surface area contributed by atoms with Crippen LogP contribution in [-0.4, -0.2) is 25.1 Å². The molecule has 0 aliphatic carbocycles. The molecule has 0 spiro atoms. The minimum Gasteiger partial charge on any atom is -1.00 e. The normalized spacial score (nSPS) is 12.1. The van der Waals surface area contributed by atoms with Crippen LogP contribution in [0.1, 0.15) is 142 Å². The second kappa shape index (κ2) is 18.9. The topological polar surface area (TPSA) is 0 Å². The molecule has 0 N–H and O–H groups in total.